The van der Waals surface area contributed by atoms with E-state index in [1.807, 2.05) is 6.07 Å². The molecule has 2 heterocycles. The number of aryl methyl sites for hydroxylation is 1. The van der Waals surface area contributed by atoms with Crippen molar-refractivity contribution in [1.82, 2.24) is 20.3 Å². The van der Waals surface area contributed by atoms with E-state index in [0.717, 1.165) is 86.7 Å². The second kappa shape index (κ2) is 9.25. The van der Waals surface area contributed by atoms with Crippen LogP contribution in [0.15, 0.2) is 18.2 Å². The number of benzene rings is 1. The van der Waals surface area contributed by atoms with Crippen molar-refractivity contribution in [3.05, 3.63) is 45.3 Å². The van der Waals surface area contributed by atoms with Crippen LogP contribution in [0.3, 0.4) is 0 Å². The van der Waals surface area contributed by atoms with Gasteiger partial charge in [0.25, 0.3) is 5.69 Å². The van der Waals surface area contributed by atoms with Crippen molar-refractivity contribution < 1.29 is 4.92 Å². The predicted molar refractivity (Wildman–Crippen MR) is 139 cm³/mol. The Hall–Kier alpha value is -2.81. The average Bonchev–Trinajstić information content (AvgIpc) is 3.11. The molecule has 5 aliphatic rings. The summed E-state index contributed by atoms with van der Waals surface area (Å²) in [5.74, 6) is 4.34. The summed E-state index contributed by atoms with van der Waals surface area (Å²) in [6.07, 6.45) is 6.74. The first kappa shape index (κ1) is 23.6. The maximum atomic E-state index is 11.4. The Labute approximate surface area is 212 Å². The summed E-state index contributed by atoms with van der Waals surface area (Å²) in [6, 6.07) is 5.22. The lowest BCUT2D eigenvalue weighted by molar-refractivity contribution is -0.384. The zero-order valence-corrected chi connectivity index (χ0v) is 21.4. The fraction of sp³-hybridized carbons (Fsp3) is 0.667. The Bertz CT molecular complexity index is 1140. The number of nitrogens with zero attached hydrogens (tertiary/aromatic N) is 5. The molecule has 7 rings (SSSR count). The van der Waals surface area contributed by atoms with Crippen molar-refractivity contribution in [2.24, 2.45) is 23.2 Å². The first-order valence-electron chi connectivity index (χ1n) is 13.6. The van der Waals surface area contributed by atoms with Crippen LogP contribution in [0, 0.1) is 33.3 Å². The number of nitro benzene ring substituents is 1. The predicted octanol–water partition coefficient (Wildman–Crippen LogP) is 4.14. The van der Waals surface area contributed by atoms with E-state index in [1.165, 1.54) is 19.3 Å². The minimum atomic E-state index is -0.317. The molecule has 0 spiro atoms. The Morgan fingerprint density at radius 1 is 1.17 bits per heavy atom. The number of hydrogen-bond donors (Lipinski definition) is 2. The second-order valence-corrected chi connectivity index (χ2v) is 11.7. The lowest BCUT2D eigenvalue weighted by Gasteiger charge is -2.60. The molecule has 0 radical (unpaired) electrons. The third-order valence-electron chi connectivity index (χ3n) is 9.52. The van der Waals surface area contributed by atoms with Crippen molar-refractivity contribution in [3.63, 3.8) is 0 Å². The van der Waals surface area contributed by atoms with Crippen LogP contribution in [0.5, 0.6) is 0 Å². The maximum Gasteiger partial charge on any atom is 0.269 e. The van der Waals surface area contributed by atoms with Gasteiger partial charge < -0.3 is 15.5 Å². The van der Waals surface area contributed by atoms with E-state index in [4.69, 9.17) is 15.0 Å². The van der Waals surface area contributed by atoms with E-state index in [-0.39, 0.29) is 16.5 Å². The topological polar surface area (TPSA) is 109 Å². The van der Waals surface area contributed by atoms with Crippen LogP contribution < -0.4 is 15.5 Å². The Morgan fingerprint density at radius 3 is 2.86 bits per heavy atom. The minimum Gasteiger partial charge on any atom is -0.354 e. The molecular formula is C27H37N7O2. The molecule has 1 aromatic carbocycles. The molecule has 4 atom stereocenters. The molecule has 36 heavy (non-hydrogen) atoms. The molecular weight excluding hydrogens is 454 g/mol. The maximum absolute atomic E-state index is 11.4. The van der Waals surface area contributed by atoms with Gasteiger partial charge in [-0.15, -0.1) is 0 Å². The van der Waals surface area contributed by atoms with Gasteiger partial charge in [0.2, 0.25) is 11.9 Å². The summed E-state index contributed by atoms with van der Waals surface area (Å²) < 4.78 is 0. The molecule has 9 heteroatoms. The van der Waals surface area contributed by atoms with Crippen molar-refractivity contribution >= 4 is 17.6 Å². The van der Waals surface area contributed by atoms with Crippen LogP contribution in [0.2, 0.25) is 0 Å². The number of hydrogen-bond acceptors (Lipinski definition) is 8. The van der Waals surface area contributed by atoms with E-state index in [2.05, 4.69) is 29.4 Å². The van der Waals surface area contributed by atoms with Gasteiger partial charge >= 0.3 is 0 Å². The summed E-state index contributed by atoms with van der Waals surface area (Å²) >= 11 is 0. The first-order valence-corrected chi connectivity index (χ1v) is 13.6. The van der Waals surface area contributed by atoms with E-state index in [1.54, 1.807) is 12.1 Å². The summed E-state index contributed by atoms with van der Waals surface area (Å²) in [5.41, 5.74) is 2.72. The van der Waals surface area contributed by atoms with Gasteiger partial charge in [-0.3, -0.25) is 10.1 Å². The van der Waals surface area contributed by atoms with Crippen LogP contribution in [0.1, 0.15) is 68.8 Å². The molecule has 4 fully saturated rings. The standard InChI is InChI=1S/C27H37N7O2/c1-27(2)19-7-4-18(23(27)14-19)16-29-25-30-24(31-26(32-25)33-12-3-10-28-11-13-33)21-9-6-17-5-8-20(34(35)36)15-22(17)21/h5,8,15,18-19,21,23,28H,3-4,6-7,9-14,16H2,1-2H3,(H,29,30,31,32)/t18?,19-,21?,23-/m0/s1. The Morgan fingerprint density at radius 2 is 2.06 bits per heavy atom. The van der Waals surface area contributed by atoms with Crippen LogP contribution in [0.4, 0.5) is 17.6 Å². The summed E-state index contributed by atoms with van der Waals surface area (Å²) in [5, 5.41) is 18.5. The molecule has 1 aliphatic heterocycles. The van der Waals surface area contributed by atoms with E-state index >= 15 is 0 Å². The van der Waals surface area contributed by atoms with Gasteiger partial charge in [-0.2, -0.15) is 15.0 Å². The van der Waals surface area contributed by atoms with Gasteiger partial charge in [0.1, 0.15) is 5.82 Å². The number of fused-ring (bicyclic) bond motifs is 3. The quantitative estimate of drug-likeness (QED) is 0.458. The Balaban J connectivity index is 1.30. The summed E-state index contributed by atoms with van der Waals surface area (Å²) in [4.78, 5) is 28.1. The number of nitro groups is 1. The van der Waals surface area contributed by atoms with Gasteiger partial charge in [0.05, 0.1) is 4.92 Å². The molecule has 9 nitrogen and oxygen atoms in total. The molecule has 1 aromatic heterocycles. The molecule has 0 amide bonds. The van der Waals surface area contributed by atoms with E-state index in [0.29, 0.717) is 17.3 Å². The van der Waals surface area contributed by atoms with Gasteiger partial charge in [0, 0.05) is 44.2 Å². The van der Waals surface area contributed by atoms with Gasteiger partial charge in [0.15, 0.2) is 0 Å². The Kier molecular flexibility index (Phi) is 6.06. The molecule has 2 aromatic rings. The number of anilines is 2. The molecule has 2 unspecified atom stereocenters. The number of rotatable bonds is 6. The highest BCUT2D eigenvalue weighted by atomic mass is 16.6. The number of non-ortho nitro benzene ring substituents is 1. The normalized spacial score (nSPS) is 28.7. The van der Waals surface area contributed by atoms with Gasteiger partial charge in [-0.1, -0.05) is 19.9 Å². The van der Waals surface area contributed by atoms with Crippen LogP contribution in [-0.4, -0.2) is 52.6 Å². The molecule has 2 N–H and O–H groups in total. The van der Waals surface area contributed by atoms with Crippen molar-refractivity contribution in [2.45, 2.75) is 58.3 Å². The molecule has 4 aliphatic carbocycles. The highest BCUT2D eigenvalue weighted by Gasteiger charge is 2.53. The smallest absolute Gasteiger partial charge is 0.269 e. The fourth-order valence-corrected chi connectivity index (χ4v) is 7.20. The van der Waals surface area contributed by atoms with Gasteiger partial charge in [-0.05, 0) is 79.4 Å². The molecule has 192 valence electrons. The molecule has 3 saturated carbocycles. The van der Waals surface area contributed by atoms with Crippen LogP contribution >= 0.6 is 0 Å². The summed E-state index contributed by atoms with van der Waals surface area (Å²) in [7, 11) is 0. The minimum absolute atomic E-state index is 0.0479. The molecule has 2 bridgehead atoms. The lowest BCUT2D eigenvalue weighted by Crippen LogP contribution is -2.53. The zero-order valence-electron chi connectivity index (χ0n) is 21.4. The number of aromatic nitrogens is 3. The summed E-state index contributed by atoms with van der Waals surface area (Å²) in [6.45, 7) is 9.42. The van der Waals surface area contributed by atoms with Gasteiger partial charge in [-0.25, -0.2) is 0 Å². The SMILES string of the molecule is CC1(C)[C@H]2CCC(CNc3nc(C4CCc5ccc([N+](=O)[O-])cc54)nc(N4CCCNCC4)n3)[C@@H]1C2. The second-order valence-electron chi connectivity index (χ2n) is 11.7. The molecule has 1 saturated heterocycles. The monoisotopic (exact) mass is 491 g/mol. The highest BCUT2D eigenvalue weighted by Crippen LogP contribution is 2.61. The van der Waals surface area contributed by atoms with Crippen LogP contribution in [0.25, 0.3) is 0 Å². The average molecular weight is 492 g/mol. The highest BCUT2D eigenvalue weighted by molar-refractivity contribution is 5.48. The third kappa shape index (κ3) is 4.21. The van der Waals surface area contributed by atoms with Crippen LogP contribution in [-0.2, 0) is 6.42 Å². The van der Waals surface area contributed by atoms with Crippen molar-refractivity contribution in [1.29, 1.82) is 0 Å². The largest absolute Gasteiger partial charge is 0.354 e. The fourth-order valence-electron chi connectivity index (χ4n) is 7.20. The zero-order chi connectivity index (χ0) is 24.9. The van der Waals surface area contributed by atoms with E-state index in [9.17, 15) is 10.1 Å². The lowest BCUT2D eigenvalue weighted by atomic mass is 9.45. The van der Waals surface area contributed by atoms with E-state index < -0.39 is 0 Å². The van der Waals surface area contributed by atoms with Crippen molar-refractivity contribution in [3.8, 4) is 0 Å². The number of nitrogens with one attached hydrogen (secondary N) is 2. The van der Waals surface area contributed by atoms with Crippen molar-refractivity contribution in [2.75, 3.05) is 42.9 Å². The third-order valence-corrected chi connectivity index (χ3v) is 9.52. The first-order chi connectivity index (χ1) is 17.4.